The maximum atomic E-state index is 13.7. The molecule has 0 bridgehead atoms. The number of hydrogen-bond donors (Lipinski definition) is 0. The number of hydrogen-bond acceptors (Lipinski definition) is 6. The second kappa shape index (κ2) is 9.19. The molecule has 0 unspecified atom stereocenters. The van der Waals surface area contributed by atoms with Crippen molar-refractivity contribution in [3.8, 4) is 17.2 Å². The maximum Gasteiger partial charge on any atom is 0.339 e. The van der Waals surface area contributed by atoms with Crippen LogP contribution in [0.2, 0.25) is 0 Å². The van der Waals surface area contributed by atoms with E-state index in [0.717, 1.165) is 22.4 Å². The Balaban J connectivity index is 1.45. The molecule has 1 aliphatic rings. The number of fused-ring (bicyclic) bond motifs is 1. The third-order valence-electron chi connectivity index (χ3n) is 6.94. The van der Waals surface area contributed by atoms with Gasteiger partial charge in [0, 0.05) is 18.1 Å². The zero-order chi connectivity index (χ0) is 26.4. The van der Waals surface area contributed by atoms with Gasteiger partial charge >= 0.3 is 10.1 Å². The Morgan fingerprint density at radius 1 is 1.03 bits per heavy atom. The minimum absolute atomic E-state index is 0.0937. The molecule has 2 heterocycles. The van der Waals surface area contributed by atoms with Gasteiger partial charge in [-0.2, -0.15) is 8.42 Å². The topological polar surface area (TPSA) is 87.5 Å². The fourth-order valence-corrected chi connectivity index (χ4v) is 5.50. The van der Waals surface area contributed by atoms with Crippen LogP contribution in [0.5, 0.6) is 11.5 Å². The molecule has 0 saturated heterocycles. The first kappa shape index (κ1) is 24.8. The Bertz CT molecular complexity index is 1590. The molecule has 1 aliphatic heterocycles. The number of benzene rings is 3. The van der Waals surface area contributed by atoms with E-state index in [1.165, 1.54) is 12.1 Å². The first-order valence-electron chi connectivity index (χ1n) is 12.1. The summed E-state index contributed by atoms with van der Waals surface area (Å²) < 4.78 is 39.5. The molecule has 0 saturated carbocycles. The maximum absolute atomic E-state index is 13.7. The monoisotopic (exact) mass is 516 g/mol. The standard InChI is InChI=1S/C29H28N2O5S/c1-19-10-12-24(13-11-19)37(33,34)36-25-18-22-14-15-29(4,35-26(22)21(3)20(25)2)27(32)28-30-16-17-31(28)23-8-6-5-7-9-23/h5-13,16-18H,14-15H2,1-4H3/t29-/m0/s1. The van der Waals surface area contributed by atoms with Gasteiger partial charge in [0.2, 0.25) is 5.78 Å². The highest BCUT2D eigenvalue weighted by Gasteiger charge is 2.42. The number of aryl methyl sites for hydroxylation is 2. The summed E-state index contributed by atoms with van der Waals surface area (Å²) in [4.78, 5) is 18.1. The summed E-state index contributed by atoms with van der Waals surface area (Å²) in [6, 6.07) is 17.8. The molecule has 5 rings (SSSR count). The fraction of sp³-hybridized carbons (Fsp3) is 0.241. The van der Waals surface area contributed by atoms with Gasteiger partial charge in [0.1, 0.15) is 16.4 Å². The quantitative estimate of drug-likeness (QED) is 0.247. The van der Waals surface area contributed by atoms with Crippen molar-refractivity contribution < 1.29 is 22.1 Å². The Kier molecular flexibility index (Phi) is 6.15. The van der Waals surface area contributed by atoms with Gasteiger partial charge in [0.25, 0.3) is 0 Å². The number of para-hydroxylation sites is 1. The van der Waals surface area contributed by atoms with Gasteiger partial charge in [-0.15, -0.1) is 0 Å². The van der Waals surface area contributed by atoms with Gasteiger partial charge in [-0.3, -0.25) is 9.36 Å². The molecular formula is C29H28N2O5S. The third kappa shape index (κ3) is 4.53. The minimum Gasteiger partial charge on any atom is -0.479 e. The van der Waals surface area contributed by atoms with E-state index in [-0.39, 0.29) is 16.4 Å². The van der Waals surface area contributed by atoms with E-state index in [4.69, 9.17) is 8.92 Å². The van der Waals surface area contributed by atoms with E-state index in [0.29, 0.717) is 30.0 Å². The summed E-state index contributed by atoms with van der Waals surface area (Å²) in [7, 11) is -4.00. The van der Waals surface area contributed by atoms with E-state index in [9.17, 15) is 13.2 Å². The summed E-state index contributed by atoms with van der Waals surface area (Å²) in [5.74, 6) is 0.925. The summed E-state index contributed by atoms with van der Waals surface area (Å²) >= 11 is 0. The highest BCUT2D eigenvalue weighted by Crippen LogP contribution is 2.42. The number of ether oxygens (including phenoxy) is 1. The van der Waals surface area contributed by atoms with Gasteiger partial charge in [-0.1, -0.05) is 35.9 Å². The molecular weight excluding hydrogens is 488 g/mol. The van der Waals surface area contributed by atoms with Gasteiger partial charge in [0.05, 0.1) is 0 Å². The second-order valence-corrected chi connectivity index (χ2v) is 11.1. The van der Waals surface area contributed by atoms with Crippen LogP contribution in [0.1, 0.15) is 46.2 Å². The molecule has 37 heavy (non-hydrogen) atoms. The first-order valence-corrected chi connectivity index (χ1v) is 13.5. The molecule has 4 aromatic rings. The molecule has 0 spiro atoms. The largest absolute Gasteiger partial charge is 0.479 e. The number of rotatable bonds is 6. The van der Waals surface area contributed by atoms with E-state index < -0.39 is 15.7 Å². The lowest BCUT2D eigenvalue weighted by Gasteiger charge is -2.35. The Hall–Kier alpha value is -3.91. The number of aromatic nitrogens is 2. The molecule has 3 aromatic carbocycles. The van der Waals surface area contributed by atoms with Gasteiger partial charge in [-0.25, -0.2) is 4.98 Å². The van der Waals surface area contributed by atoms with Crippen molar-refractivity contribution in [2.75, 3.05) is 0 Å². The second-order valence-electron chi connectivity index (χ2n) is 9.58. The SMILES string of the molecule is Cc1ccc(S(=O)(=O)Oc2cc3c(c(C)c2C)O[C@](C)(C(=O)c2nccn2-c2ccccc2)CC3)cc1. The zero-order valence-electron chi connectivity index (χ0n) is 21.2. The van der Waals surface area contributed by atoms with Crippen LogP contribution in [0, 0.1) is 20.8 Å². The summed E-state index contributed by atoms with van der Waals surface area (Å²) in [5, 5.41) is 0. The van der Waals surface area contributed by atoms with Gasteiger partial charge in [0.15, 0.2) is 11.4 Å². The molecule has 1 aromatic heterocycles. The van der Waals surface area contributed by atoms with Crippen molar-refractivity contribution in [1.29, 1.82) is 0 Å². The molecule has 0 aliphatic carbocycles. The molecule has 0 radical (unpaired) electrons. The van der Waals surface area contributed by atoms with Gasteiger partial charge in [-0.05, 0) is 87.6 Å². The average Bonchev–Trinajstić information content (AvgIpc) is 3.38. The minimum atomic E-state index is -4.00. The van der Waals surface area contributed by atoms with Crippen LogP contribution < -0.4 is 8.92 Å². The van der Waals surface area contributed by atoms with Crippen molar-refractivity contribution in [2.24, 2.45) is 0 Å². The van der Waals surface area contributed by atoms with Crippen molar-refractivity contribution in [3.05, 3.63) is 101 Å². The fourth-order valence-electron chi connectivity index (χ4n) is 4.53. The lowest BCUT2D eigenvalue weighted by molar-refractivity contribution is 0.0417. The molecule has 0 fully saturated rings. The highest BCUT2D eigenvalue weighted by molar-refractivity contribution is 7.87. The zero-order valence-corrected chi connectivity index (χ0v) is 22.0. The van der Waals surface area contributed by atoms with Crippen LogP contribution in [-0.2, 0) is 16.5 Å². The van der Waals surface area contributed by atoms with E-state index in [1.807, 2.05) is 44.2 Å². The van der Waals surface area contributed by atoms with Crippen LogP contribution in [0.3, 0.4) is 0 Å². The summed E-state index contributed by atoms with van der Waals surface area (Å²) in [6.45, 7) is 7.31. The number of ketones is 1. The summed E-state index contributed by atoms with van der Waals surface area (Å²) in [6.07, 6.45) is 4.29. The smallest absolute Gasteiger partial charge is 0.339 e. The summed E-state index contributed by atoms with van der Waals surface area (Å²) in [5.41, 5.74) is 2.84. The van der Waals surface area contributed by atoms with Crippen molar-refractivity contribution in [3.63, 3.8) is 0 Å². The Morgan fingerprint density at radius 3 is 2.43 bits per heavy atom. The van der Waals surface area contributed by atoms with Crippen LogP contribution in [0.4, 0.5) is 0 Å². The Labute approximate surface area is 216 Å². The normalized spacial score (nSPS) is 17.1. The van der Waals surface area contributed by atoms with E-state index in [2.05, 4.69) is 4.98 Å². The number of imidazole rings is 1. The predicted octanol–water partition coefficient (Wildman–Crippen LogP) is 5.53. The van der Waals surface area contributed by atoms with E-state index >= 15 is 0 Å². The van der Waals surface area contributed by atoms with Crippen molar-refractivity contribution in [2.45, 2.75) is 51.0 Å². The molecule has 8 heteroatoms. The number of nitrogens with zero attached hydrogens (tertiary/aromatic N) is 2. The van der Waals surface area contributed by atoms with Crippen LogP contribution in [0.15, 0.2) is 78.0 Å². The van der Waals surface area contributed by atoms with Crippen molar-refractivity contribution >= 4 is 15.9 Å². The third-order valence-corrected chi connectivity index (χ3v) is 8.18. The average molecular weight is 517 g/mol. The van der Waals surface area contributed by atoms with Crippen molar-refractivity contribution in [1.82, 2.24) is 9.55 Å². The Morgan fingerprint density at radius 2 is 1.73 bits per heavy atom. The molecule has 0 N–H and O–H groups in total. The van der Waals surface area contributed by atoms with E-state index in [1.54, 1.807) is 49.0 Å². The first-order chi connectivity index (χ1) is 17.6. The van der Waals surface area contributed by atoms with Crippen LogP contribution >= 0.6 is 0 Å². The lowest BCUT2D eigenvalue weighted by atomic mass is 9.87. The predicted molar refractivity (Wildman–Crippen MR) is 140 cm³/mol. The highest BCUT2D eigenvalue weighted by atomic mass is 32.2. The molecule has 190 valence electrons. The lowest BCUT2D eigenvalue weighted by Crippen LogP contribution is -2.45. The number of Topliss-reactive ketones (excluding diaryl/α,β-unsaturated/α-hetero) is 1. The molecule has 1 atom stereocenters. The number of carbonyl (C=O) groups excluding carboxylic acids is 1. The van der Waals surface area contributed by atoms with Crippen LogP contribution in [0.25, 0.3) is 5.69 Å². The van der Waals surface area contributed by atoms with Crippen LogP contribution in [-0.4, -0.2) is 29.4 Å². The molecule has 0 amide bonds. The van der Waals surface area contributed by atoms with Gasteiger partial charge < -0.3 is 8.92 Å². The molecule has 7 nitrogen and oxygen atoms in total. The number of carbonyl (C=O) groups is 1.